The average Bonchev–Trinajstić information content (AvgIpc) is 2.66. The van der Waals surface area contributed by atoms with Crippen molar-refractivity contribution < 1.29 is 9.18 Å². The van der Waals surface area contributed by atoms with Crippen LogP contribution in [0.2, 0.25) is 5.02 Å². The summed E-state index contributed by atoms with van der Waals surface area (Å²) in [6, 6.07) is 10.1. The molecule has 0 aliphatic carbocycles. The summed E-state index contributed by atoms with van der Waals surface area (Å²) in [5.41, 5.74) is 3.84. The van der Waals surface area contributed by atoms with Crippen LogP contribution in [-0.4, -0.2) is 22.4 Å². The van der Waals surface area contributed by atoms with E-state index in [9.17, 15) is 9.18 Å². The van der Waals surface area contributed by atoms with E-state index in [1.165, 1.54) is 24.5 Å². The Labute approximate surface area is 168 Å². The van der Waals surface area contributed by atoms with Crippen molar-refractivity contribution in [3.05, 3.63) is 81.9 Å². The number of hydrogen-bond acceptors (Lipinski definition) is 4. The molecule has 0 fully saturated rings. The molecular weight excluding hydrogens is 379 g/mol. The molecule has 5 nitrogen and oxygen atoms in total. The molecule has 0 radical (unpaired) electrons. The van der Waals surface area contributed by atoms with Gasteiger partial charge in [0.15, 0.2) is 0 Å². The summed E-state index contributed by atoms with van der Waals surface area (Å²) >= 11 is 6.23. The number of aromatic nitrogens is 2. The van der Waals surface area contributed by atoms with E-state index in [0.29, 0.717) is 35.2 Å². The zero-order valence-corrected chi connectivity index (χ0v) is 16.3. The van der Waals surface area contributed by atoms with Gasteiger partial charge in [-0.25, -0.2) is 14.4 Å². The van der Waals surface area contributed by atoms with Gasteiger partial charge >= 0.3 is 0 Å². The van der Waals surface area contributed by atoms with Gasteiger partial charge in [0, 0.05) is 18.9 Å². The fraction of sp³-hybridized carbons (Fsp3) is 0.190. The number of aryl methyl sites for hydroxylation is 2. The third-order valence-electron chi connectivity index (χ3n) is 4.19. The van der Waals surface area contributed by atoms with Gasteiger partial charge in [-0.3, -0.25) is 4.79 Å². The maximum absolute atomic E-state index is 12.9. The molecule has 0 unspecified atom stereocenters. The third-order valence-corrected chi connectivity index (χ3v) is 4.49. The Balaban J connectivity index is 1.57. The van der Waals surface area contributed by atoms with Crippen LogP contribution in [0.3, 0.4) is 0 Å². The molecule has 7 heteroatoms. The van der Waals surface area contributed by atoms with Crippen molar-refractivity contribution in [1.29, 1.82) is 0 Å². The molecule has 28 heavy (non-hydrogen) atoms. The minimum atomic E-state index is -0.327. The number of hydrogen-bond donors (Lipinski definition) is 2. The third kappa shape index (κ3) is 5.04. The van der Waals surface area contributed by atoms with Crippen LogP contribution in [-0.2, 0) is 6.42 Å². The highest BCUT2D eigenvalue weighted by Crippen LogP contribution is 2.27. The van der Waals surface area contributed by atoms with Crippen LogP contribution in [0.15, 0.2) is 48.8 Å². The molecular formula is C21H20ClFN4O. The molecule has 0 saturated carbocycles. The number of benzene rings is 2. The lowest BCUT2D eigenvalue weighted by molar-refractivity contribution is 0.102. The lowest BCUT2D eigenvalue weighted by Crippen LogP contribution is -2.15. The van der Waals surface area contributed by atoms with Crippen LogP contribution in [0.25, 0.3) is 0 Å². The topological polar surface area (TPSA) is 66.9 Å². The van der Waals surface area contributed by atoms with Gasteiger partial charge < -0.3 is 10.6 Å². The first-order valence-electron chi connectivity index (χ1n) is 8.81. The minimum Gasteiger partial charge on any atom is -0.354 e. The monoisotopic (exact) mass is 398 g/mol. The Kier molecular flexibility index (Phi) is 6.21. The van der Waals surface area contributed by atoms with E-state index < -0.39 is 0 Å². The predicted octanol–water partition coefficient (Wildman–Crippen LogP) is 4.79. The van der Waals surface area contributed by atoms with Crippen LogP contribution in [0, 0.1) is 19.7 Å². The highest BCUT2D eigenvalue weighted by atomic mass is 35.5. The van der Waals surface area contributed by atoms with E-state index in [1.807, 2.05) is 19.9 Å². The van der Waals surface area contributed by atoms with Gasteiger partial charge in [-0.1, -0.05) is 29.8 Å². The van der Waals surface area contributed by atoms with Crippen LogP contribution in [0.5, 0.6) is 0 Å². The Hall–Kier alpha value is -2.99. The molecule has 0 saturated heterocycles. The zero-order chi connectivity index (χ0) is 20.1. The van der Waals surface area contributed by atoms with Crippen LogP contribution in [0.1, 0.15) is 27.0 Å². The predicted molar refractivity (Wildman–Crippen MR) is 110 cm³/mol. The standard InChI is InChI=1S/C21H20ClFN4O/c1-13-9-14(2)19(18(22)10-13)27-20(28)16-11-25-21(26-12-16)24-8-7-15-3-5-17(23)6-4-15/h3-6,9-12H,7-8H2,1-2H3,(H,27,28)(H,24,25,26). The Morgan fingerprint density at radius 1 is 1.11 bits per heavy atom. The van der Waals surface area contributed by atoms with Crippen molar-refractivity contribution in [3.63, 3.8) is 0 Å². The molecule has 3 aromatic rings. The second-order valence-corrected chi connectivity index (χ2v) is 6.90. The molecule has 1 aromatic heterocycles. The molecule has 1 amide bonds. The van der Waals surface area contributed by atoms with Crippen molar-refractivity contribution in [2.75, 3.05) is 17.2 Å². The van der Waals surface area contributed by atoms with Gasteiger partial charge in [0.05, 0.1) is 16.3 Å². The minimum absolute atomic E-state index is 0.254. The highest BCUT2D eigenvalue weighted by Gasteiger charge is 2.12. The largest absolute Gasteiger partial charge is 0.354 e. The number of rotatable bonds is 6. The van der Waals surface area contributed by atoms with E-state index in [1.54, 1.807) is 18.2 Å². The van der Waals surface area contributed by atoms with Crippen LogP contribution < -0.4 is 10.6 Å². The SMILES string of the molecule is Cc1cc(C)c(NC(=O)c2cnc(NCCc3ccc(F)cc3)nc2)c(Cl)c1. The van der Waals surface area contributed by atoms with Crippen molar-refractivity contribution >= 4 is 29.1 Å². The fourth-order valence-electron chi connectivity index (χ4n) is 2.77. The molecule has 0 aliphatic heterocycles. The number of carbonyl (C=O) groups is 1. The molecule has 2 aromatic carbocycles. The quantitative estimate of drug-likeness (QED) is 0.626. The summed E-state index contributed by atoms with van der Waals surface area (Å²) in [7, 11) is 0. The number of anilines is 2. The van der Waals surface area contributed by atoms with Gasteiger partial charge in [0.2, 0.25) is 5.95 Å². The van der Waals surface area contributed by atoms with E-state index >= 15 is 0 Å². The number of halogens is 2. The summed E-state index contributed by atoms with van der Waals surface area (Å²) in [6.45, 7) is 4.43. The van der Waals surface area contributed by atoms with Crippen molar-refractivity contribution in [2.24, 2.45) is 0 Å². The maximum atomic E-state index is 12.9. The van der Waals surface area contributed by atoms with Gasteiger partial charge in [-0.2, -0.15) is 0 Å². The maximum Gasteiger partial charge on any atom is 0.258 e. The summed E-state index contributed by atoms with van der Waals surface area (Å²) in [6.07, 6.45) is 3.62. The molecule has 1 heterocycles. The second kappa shape index (κ2) is 8.80. The number of nitrogens with one attached hydrogen (secondary N) is 2. The van der Waals surface area contributed by atoms with E-state index in [4.69, 9.17) is 11.6 Å². The number of nitrogens with zero attached hydrogens (tertiary/aromatic N) is 2. The van der Waals surface area contributed by atoms with Crippen molar-refractivity contribution in [1.82, 2.24) is 9.97 Å². The van der Waals surface area contributed by atoms with Gasteiger partial charge in [0.25, 0.3) is 5.91 Å². The highest BCUT2D eigenvalue weighted by molar-refractivity contribution is 6.34. The van der Waals surface area contributed by atoms with Crippen molar-refractivity contribution in [3.8, 4) is 0 Å². The Morgan fingerprint density at radius 2 is 1.79 bits per heavy atom. The summed E-state index contributed by atoms with van der Waals surface area (Å²) in [5.74, 6) is -0.161. The van der Waals surface area contributed by atoms with E-state index in [0.717, 1.165) is 16.7 Å². The van der Waals surface area contributed by atoms with Crippen LogP contribution in [0.4, 0.5) is 16.0 Å². The molecule has 144 valence electrons. The first-order chi connectivity index (χ1) is 13.4. The van der Waals surface area contributed by atoms with E-state index in [-0.39, 0.29) is 11.7 Å². The smallest absolute Gasteiger partial charge is 0.258 e. The first kappa shape index (κ1) is 19.8. The Bertz CT molecular complexity index is 952. The normalized spacial score (nSPS) is 10.6. The molecule has 0 spiro atoms. The first-order valence-corrected chi connectivity index (χ1v) is 9.18. The fourth-order valence-corrected chi connectivity index (χ4v) is 3.13. The zero-order valence-electron chi connectivity index (χ0n) is 15.6. The molecule has 3 rings (SSSR count). The van der Waals surface area contributed by atoms with Crippen LogP contribution >= 0.6 is 11.6 Å². The average molecular weight is 399 g/mol. The molecule has 0 bridgehead atoms. The van der Waals surface area contributed by atoms with Crippen molar-refractivity contribution in [2.45, 2.75) is 20.3 Å². The summed E-state index contributed by atoms with van der Waals surface area (Å²) < 4.78 is 12.9. The Morgan fingerprint density at radius 3 is 2.43 bits per heavy atom. The lowest BCUT2D eigenvalue weighted by atomic mass is 10.1. The molecule has 2 N–H and O–H groups in total. The summed E-state index contributed by atoms with van der Waals surface area (Å²) in [4.78, 5) is 20.8. The number of carbonyl (C=O) groups excluding carboxylic acids is 1. The second-order valence-electron chi connectivity index (χ2n) is 6.49. The molecule has 0 aliphatic rings. The summed E-state index contributed by atoms with van der Waals surface area (Å²) in [5, 5.41) is 6.38. The van der Waals surface area contributed by atoms with Gasteiger partial charge in [-0.05, 0) is 55.2 Å². The molecule has 0 atom stereocenters. The van der Waals surface area contributed by atoms with Gasteiger partial charge in [0.1, 0.15) is 5.82 Å². The number of amides is 1. The van der Waals surface area contributed by atoms with E-state index in [2.05, 4.69) is 20.6 Å². The van der Waals surface area contributed by atoms with Gasteiger partial charge in [-0.15, -0.1) is 0 Å². The lowest BCUT2D eigenvalue weighted by Gasteiger charge is -2.11.